The molecule has 0 amide bonds. The van der Waals surface area contributed by atoms with Crippen LogP contribution in [0.2, 0.25) is 0 Å². The fourth-order valence-electron chi connectivity index (χ4n) is 7.51. The summed E-state index contributed by atoms with van der Waals surface area (Å²) in [5.41, 5.74) is 10.0. The summed E-state index contributed by atoms with van der Waals surface area (Å²) >= 11 is 1.11. The molecule has 0 fully saturated rings. The Labute approximate surface area is 272 Å². The normalized spacial score (nSPS) is 17.4. The standard InChI is InChI=1S/C38H45NO4S2/c1-10-11-13-25-24(4)27(22(2)20-37(5,6)7)18-29-33(31-15-16-32(44-31)45(40,41)42)30-19-28-23(3)21-38(8,9)39-17-12-14-26(34(28)39)36(30)43-35(25)29/h15-16,18-21H,4,10-14,17H2,1-3,5-9H3,(H,40,41,42)/b22-20-. The Morgan fingerprint density at radius 2 is 1.91 bits per heavy atom. The van der Waals surface area contributed by atoms with Crippen molar-refractivity contribution in [3.8, 4) is 11.5 Å². The van der Waals surface area contributed by atoms with Gasteiger partial charge in [-0.05, 0) is 105 Å². The van der Waals surface area contributed by atoms with Gasteiger partial charge in [-0.2, -0.15) is 8.42 Å². The van der Waals surface area contributed by atoms with E-state index in [-0.39, 0.29) is 15.2 Å². The molecule has 4 heterocycles. The number of rotatable bonds is 6. The Bertz CT molecular complexity index is 2020. The van der Waals surface area contributed by atoms with Crippen LogP contribution in [-0.2, 0) is 23.0 Å². The average molecular weight is 644 g/mol. The highest BCUT2D eigenvalue weighted by Gasteiger charge is 2.39. The minimum absolute atomic E-state index is 0.0188. The first-order valence-corrected chi connectivity index (χ1v) is 18.3. The van der Waals surface area contributed by atoms with Gasteiger partial charge in [-0.25, -0.2) is 0 Å². The summed E-state index contributed by atoms with van der Waals surface area (Å²) in [6.07, 6.45) is 9.44. The SMILES string of the molecule is C=c1c(/C(C)=C\C(C)(C)C)cc2c(c1CCCC)Oc1c(cc3c4c1CCCN4C(C)(C)C=C3C)C=2c1ccc(S(=O)(=O)O)s1. The Morgan fingerprint density at radius 3 is 2.56 bits per heavy atom. The lowest BCUT2D eigenvalue weighted by atomic mass is 9.80. The van der Waals surface area contributed by atoms with Gasteiger partial charge in [0, 0.05) is 44.5 Å². The van der Waals surface area contributed by atoms with Crippen LogP contribution in [0.15, 0.2) is 40.6 Å². The summed E-state index contributed by atoms with van der Waals surface area (Å²) in [6, 6.07) is 7.78. The molecule has 6 rings (SSSR count). The van der Waals surface area contributed by atoms with E-state index in [2.05, 4.69) is 91.2 Å². The molecule has 2 aromatic carbocycles. The lowest BCUT2D eigenvalue weighted by Gasteiger charge is -2.47. The first-order chi connectivity index (χ1) is 21.0. The van der Waals surface area contributed by atoms with Crippen LogP contribution in [0.3, 0.4) is 0 Å². The van der Waals surface area contributed by atoms with Crippen molar-refractivity contribution in [1.29, 1.82) is 0 Å². The van der Waals surface area contributed by atoms with Crippen LogP contribution in [-0.4, -0.2) is 25.1 Å². The fourth-order valence-corrected chi connectivity index (χ4v) is 9.25. The van der Waals surface area contributed by atoms with Gasteiger partial charge in [-0.3, -0.25) is 4.55 Å². The van der Waals surface area contributed by atoms with E-state index >= 15 is 0 Å². The molecule has 0 aliphatic carbocycles. The first-order valence-electron chi connectivity index (χ1n) is 16.0. The molecule has 3 aromatic rings. The number of hydrogen-bond donors (Lipinski definition) is 1. The molecule has 5 nitrogen and oxygen atoms in total. The third-order valence-corrected chi connectivity index (χ3v) is 11.7. The predicted molar refractivity (Wildman–Crippen MR) is 189 cm³/mol. The molecule has 0 saturated heterocycles. The van der Waals surface area contributed by atoms with Crippen molar-refractivity contribution in [2.45, 2.75) is 97.2 Å². The molecule has 0 spiro atoms. The molecule has 0 saturated carbocycles. The molecule has 1 N–H and O–H groups in total. The number of allylic oxidation sites excluding steroid dienone is 3. The number of anilines is 1. The van der Waals surface area contributed by atoms with Crippen molar-refractivity contribution in [3.05, 3.63) is 79.5 Å². The Balaban J connectivity index is 1.78. The summed E-state index contributed by atoms with van der Waals surface area (Å²) < 4.78 is 41.6. The quantitative estimate of drug-likeness (QED) is 0.214. The van der Waals surface area contributed by atoms with E-state index in [1.54, 1.807) is 0 Å². The Hall–Kier alpha value is -3.13. The minimum atomic E-state index is -4.35. The van der Waals surface area contributed by atoms with Crippen LogP contribution >= 0.6 is 11.3 Å². The van der Waals surface area contributed by atoms with Crippen LogP contribution in [0.5, 0.6) is 11.5 Å². The summed E-state index contributed by atoms with van der Waals surface area (Å²) in [5, 5.41) is 1.93. The maximum absolute atomic E-state index is 12.3. The van der Waals surface area contributed by atoms with Gasteiger partial charge in [0.15, 0.2) is 0 Å². The molecule has 3 aliphatic rings. The van der Waals surface area contributed by atoms with Crippen molar-refractivity contribution in [3.63, 3.8) is 0 Å². The van der Waals surface area contributed by atoms with E-state index in [4.69, 9.17) is 4.74 Å². The Kier molecular flexibility index (Phi) is 7.78. The summed E-state index contributed by atoms with van der Waals surface area (Å²) in [7, 11) is -4.35. The number of unbranched alkanes of at least 4 members (excludes halogenated alkanes) is 1. The molecule has 0 radical (unpaired) electrons. The van der Waals surface area contributed by atoms with Gasteiger partial charge in [0.25, 0.3) is 0 Å². The molecule has 0 unspecified atom stereocenters. The number of ether oxygens (including phenoxy) is 1. The number of nitrogens with zero attached hydrogens (tertiary/aromatic N) is 1. The van der Waals surface area contributed by atoms with Crippen molar-refractivity contribution in [1.82, 2.24) is 0 Å². The maximum atomic E-state index is 12.3. The maximum Gasteiger partial charge on any atom is 0.304 e. The zero-order chi connectivity index (χ0) is 32.6. The number of hydrogen-bond acceptors (Lipinski definition) is 5. The molecular formula is C38H45NO4S2. The van der Waals surface area contributed by atoms with E-state index < -0.39 is 10.1 Å². The largest absolute Gasteiger partial charge is 0.455 e. The monoisotopic (exact) mass is 643 g/mol. The van der Waals surface area contributed by atoms with E-state index in [9.17, 15) is 13.0 Å². The summed E-state index contributed by atoms with van der Waals surface area (Å²) in [6.45, 7) is 23.3. The zero-order valence-electron chi connectivity index (χ0n) is 27.8. The van der Waals surface area contributed by atoms with Gasteiger partial charge in [-0.1, -0.05) is 52.8 Å². The first kappa shape index (κ1) is 31.8. The number of thiophene rings is 1. The molecule has 3 aliphatic heterocycles. The van der Waals surface area contributed by atoms with Gasteiger partial charge >= 0.3 is 10.1 Å². The molecule has 238 valence electrons. The predicted octanol–water partition coefficient (Wildman–Crippen LogP) is 8.50. The van der Waals surface area contributed by atoms with Crippen molar-refractivity contribution in [2.75, 3.05) is 11.4 Å². The van der Waals surface area contributed by atoms with Crippen molar-refractivity contribution in [2.24, 2.45) is 5.41 Å². The van der Waals surface area contributed by atoms with E-state index in [0.717, 1.165) is 105 Å². The van der Waals surface area contributed by atoms with Gasteiger partial charge in [0.1, 0.15) is 15.7 Å². The van der Waals surface area contributed by atoms with Crippen LogP contribution in [0.4, 0.5) is 5.69 Å². The van der Waals surface area contributed by atoms with Crippen LogP contribution < -0.4 is 20.1 Å². The van der Waals surface area contributed by atoms with Gasteiger partial charge in [0.2, 0.25) is 0 Å². The topological polar surface area (TPSA) is 66.8 Å². The molecule has 0 bridgehead atoms. The minimum Gasteiger partial charge on any atom is -0.455 e. The van der Waals surface area contributed by atoms with Gasteiger partial charge < -0.3 is 9.64 Å². The van der Waals surface area contributed by atoms with E-state index in [1.165, 1.54) is 28.5 Å². The smallest absolute Gasteiger partial charge is 0.304 e. The molecule has 7 heteroatoms. The van der Waals surface area contributed by atoms with Crippen molar-refractivity contribution < 1.29 is 17.7 Å². The van der Waals surface area contributed by atoms with Crippen LogP contribution in [0.1, 0.15) is 107 Å². The third-order valence-electron chi connectivity index (χ3n) is 9.29. The van der Waals surface area contributed by atoms with Gasteiger partial charge in [0.05, 0.1) is 11.2 Å². The summed E-state index contributed by atoms with van der Waals surface area (Å²) in [5.74, 6) is 1.68. The average Bonchev–Trinajstić information content (AvgIpc) is 3.43. The second kappa shape index (κ2) is 11.0. The van der Waals surface area contributed by atoms with E-state index in [1.807, 2.05) is 6.07 Å². The molecule has 1 aromatic heterocycles. The third kappa shape index (κ3) is 5.51. The lowest BCUT2D eigenvalue weighted by molar-refractivity contribution is 0.449. The second-order valence-corrected chi connectivity index (χ2v) is 17.2. The second-order valence-electron chi connectivity index (χ2n) is 14.5. The highest BCUT2D eigenvalue weighted by Crippen LogP contribution is 2.52. The highest BCUT2D eigenvalue weighted by molar-refractivity contribution is 7.88. The number of fused-ring (bicyclic) bond motifs is 3. The number of benzene rings is 2. The molecular weight excluding hydrogens is 599 g/mol. The van der Waals surface area contributed by atoms with Crippen molar-refractivity contribution >= 4 is 50.4 Å². The summed E-state index contributed by atoms with van der Waals surface area (Å²) in [4.78, 5) is 3.30. The van der Waals surface area contributed by atoms with Crippen LogP contribution in [0.25, 0.3) is 23.3 Å². The van der Waals surface area contributed by atoms with Crippen LogP contribution in [0, 0.1) is 5.41 Å². The molecule has 45 heavy (non-hydrogen) atoms. The Morgan fingerprint density at radius 1 is 1.18 bits per heavy atom. The van der Waals surface area contributed by atoms with E-state index in [0.29, 0.717) is 0 Å². The zero-order valence-corrected chi connectivity index (χ0v) is 29.5. The fraction of sp³-hybridized carbons (Fsp3) is 0.421. The lowest BCUT2D eigenvalue weighted by Crippen LogP contribution is -2.48. The molecule has 0 atom stereocenters. The highest BCUT2D eigenvalue weighted by atomic mass is 32.3. The van der Waals surface area contributed by atoms with Gasteiger partial charge in [-0.15, -0.1) is 11.3 Å².